The fraction of sp³-hybridized carbons (Fsp3) is 0.786. The van der Waals surface area contributed by atoms with E-state index in [-0.39, 0.29) is 5.41 Å². The smallest absolute Gasteiger partial charge is 0.0891 e. The van der Waals surface area contributed by atoms with Crippen molar-refractivity contribution in [3.05, 3.63) is 18.0 Å². The van der Waals surface area contributed by atoms with E-state index in [1.807, 2.05) is 10.9 Å². The molecule has 4 unspecified atom stereocenters. The molecular formula is C14H23N3O. The number of nitrogens with zero attached hydrogens (tertiary/aromatic N) is 2. The van der Waals surface area contributed by atoms with Crippen molar-refractivity contribution >= 4 is 0 Å². The average molecular weight is 249 g/mol. The van der Waals surface area contributed by atoms with Crippen LogP contribution in [0.3, 0.4) is 0 Å². The monoisotopic (exact) mass is 249 g/mol. The molecule has 2 aliphatic carbocycles. The summed E-state index contributed by atoms with van der Waals surface area (Å²) in [7, 11) is 0. The zero-order valence-electron chi connectivity index (χ0n) is 11.0. The van der Waals surface area contributed by atoms with Gasteiger partial charge in [0, 0.05) is 30.3 Å². The number of hydrogen-bond donors (Lipinski definition) is 2. The van der Waals surface area contributed by atoms with Gasteiger partial charge in [0.2, 0.25) is 0 Å². The van der Waals surface area contributed by atoms with Crippen molar-refractivity contribution in [2.24, 2.45) is 23.0 Å². The van der Waals surface area contributed by atoms with Gasteiger partial charge in [-0.25, -0.2) is 0 Å². The molecule has 1 heterocycles. The average Bonchev–Trinajstić information content (AvgIpc) is 3.12. The minimum atomic E-state index is -0.446. The molecule has 100 valence electrons. The molecule has 2 saturated carbocycles. The van der Waals surface area contributed by atoms with Gasteiger partial charge < -0.3 is 10.8 Å². The Morgan fingerprint density at radius 2 is 2.44 bits per heavy atom. The van der Waals surface area contributed by atoms with Crippen molar-refractivity contribution < 1.29 is 5.11 Å². The third kappa shape index (κ3) is 1.62. The van der Waals surface area contributed by atoms with Crippen molar-refractivity contribution in [2.45, 2.75) is 45.3 Å². The molecule has 3 N–H and O–H groups in total. The minimum absolute atomic E-state index is 0.0927. The molecule has 0 aromatic carbocycles. The van der Waals surface area contributed by atoms with Crippen LogP contribution in [0.1, 0.15) is 44.3 Å². The maximum absolute atomic E-state index is 10.8. The summed E-state index contributed by atoms with van der Waals surface area (Å²) in [5.74, 6) is 1.39. The first-order valence-corrected chi connectivity index (χ1v) is 7.10. The fourth-order valence-electron chi connectivity index (χ4n) is 4.21. The van der Waals surface area contributed by atoms with E-state index in [4.69, 9.17) is 5.73 Å². The van der Waals surface area contributed by atoms with E-state index >= 15 is 0 Å². The summed E-state index contributed by atoms with van der Waals surface area (Å²) in [5, 5.41) is 15.0. The zero-order valence-corrected chi connectivity index (χ0v) is 11.0. The van der Waals surface area contributed by atoms with Gasteiger partial charge in [-0.3, -0.25) is 4.68 Å². The standard InChI is InChI=1S/C14H23N3O/c1-2-17-8-11(7-16-17)13(18)14(9-15)6-10-3-4-12(14)5-10/h7-8,10,12-13,18H,2-6,9,15H2,1H3. The highest BCUT2D eigenvalue weighted by Crippen LogP contribution is 2.60. The van der Waals surface area contributed by atoms with Gasteiger partial charge in [0.25, 0.3) is 0 Å². The fourth-order valence-corrected chi connectivity index (χ4v) is 4.21. The van der Waals surface area contributed by atoms with E-state index in [0.29, 0.717) is 12.5 Å². The zero-order chi connectivity index (χ0) is 12.8. The maximum Gasteiger partial charge on any atom is 0.0891 e. The summed E-state index contributed by atoms with van der Waals surface area (Å²) in [6.45, 7) is 3.49. The molecule has 2 bridgehead atoms. The lowest BCUT2D eigenvalue weighted by Gasteiger charge is -2.40. The Hall–Kier alpha value is -0.870. The summed E-state index contributed by atoms with van der Waals surface area (Å²) < 4.78 is 1.87. The molecule has 2 fully saturated rings. The molecule has 3 rings (SSSR count). The lowest BCUT2D eigenvalue weighted by molar-refractivity contribution is -0.0130. The molecule has 18 heavy (non-hydrogen) atoms. The lowest BCUT2D eigenvalue weighted by Crippen LogP contribution is -2.41. The molecule has 0 saturated heterocycles. The minimum Gasteiger partial charge on any atom is -0.388 e. The quantitative estimate of drug-likeness (QED) is 0.853. The number of hydrogen-bond acceptors (Lipinski definition) is 3. The van der Waals surface area contributed by atoms with E-state index in [0.717, 1.165) is 24.4 Å². The van der Waals surface area contributed by atoms with E-state index in [2.05, 4.69) is 12.0 Å². The summed E-state index contributed by atoms with van der Waals surface area (Å²) >= 11 is 0. The van der Waals surface area contributed by atoms with Gasteiger partial charge in [0.15, 0.2) is 0 Å². The maximum atomic E-state index is 10.8. The topological polar surface area (TPSA) is 64.1 Å². The van der Waals surface area contributed by atoms with Crippen LogP contribution >= 0.6 is 0 Å². The second-order valence-corrected chi connectivity index (χ2v) is 6.05. The highest BCUT2D eigenvalue weighted by Gasteiger charge is 2.54. The summed E-state index contributed by atoms with van der Waals surface area (Å²) in [5.41, 5.74) is 6.89. The number of aliphatic hydroxyl groups excluding tert-OH is 1. The van der Waals surface area contributed by atoms with Crippen LogP contribution in [-0.4, -0.2) is 21.4 Å². The molecule has 0 aliphatic heterocycles. The first kappa shape index (κ1) is 12.2. The van der Waals surface area contributed by atoms with Gasteiger partial charge in [-0.05, 0) is 38.0 Å². The van der Waals surface area contributed by atoms with Crippen LogP contribution in [0.2, 0.25) is 0 Å². The Balaban J connectivity index is 1.87. The van der Waals surface area contributed by atoms with Crippen molar-refractivity contribution in [1.82, 2.24) is 9.78 Å². The molecular weight excluding hydrogens is 226 g/mol. The first-order valence-electron chi connectivity index (χ1n) is 7.10. The lowest BCUT2D eigenvalue weighted by atomic mass is 9.68. The normalized spacial score (nSPS) is 36.2. The Labute approximate surface area is 108 Å². The Bertz CT molecular complexity index is 430. The molecule has 0 spiro atoms. The van der Waals surface area contributed by atoms with Gasteiger partial charge in [0.1, 0.15) is 0 Å². The van der Waals surface area contributed by atoms with Crippen molar-refractivity contribution in [2.75, 3.05) is 6.54 Å². The summed E-state index contributed by atoms with van der Waals surface area (Å²) in [6.07, 6.45) is 8.24. The summed E-state index contributed by atoms with van der Waals surface area (Å²) in [6, 6.07) is 0. The molecule has 4 heteroatoms. The predicted octanol–water partition coefficient (Wildman–Crippen LogP) is 1.70. The predicted molar refractivity (Wildman–Crippen MR) is 69.8 cm³/mol. The highest BCUT2D eigenvalue weighted by atomic mass is 16.3. The van der Waals surface area contributed by atoms with Gasteiger partial charge in [-0.15, -0.1) is 0 Å². The van der Waals surface area contributed by atoms with E-state index < -0.39 is 6.10 Å². The van der Waals surface area contributed by atoms with Crippen LogP contribution in [0.4, 0.5) is 0 Å². The highest BCUT2D eigenvalue weighted by molar-refractivity contribution is 5.17. The second-order valence-electron chi connectivity index (χ2n) is 6.05. The van der Waals surface area contributed by atoms with Gasteiger partial charge in [-0.1, -0.05) is 6.42 Å². The van der Waals surface area contributed by atoms with Crippen LogP contribution in [0.15, 0.2) is 12.4 Å². The molecule has 1 aromatic rings. The molecule has 4 nitrogen and oxygen atoms in total. The molecule has 4 atom stereocenters. The van der Waals surface area contributed by atoms with Crippen LogP contribution < -0.4 is 5.73 Å². The van der Waals surface area contributed by atoms with Gasteiger partial charge >= 0.3 is 0 Å². The number of rotatable bonds is 4. The molecule has 1 aromatic heterocycles. The van der Waals surface area contributed by atoms with Crippen molar-refractivity contribution in [1.29, 1.82) is 0 Å². The number of fused-ring (bicyclic) bond motifs is 2. The van der Waals surface area contributed by atoms with Crippen LogP contribution in [0.25, 0.3) is 0 Å². The number of aryl methyl sites for hydroxylation is 1. The van der Waals surface area contributed by atoms with Crippen LogP contribution in [-0.2, 0) is 6.54 Å². The number of aliphatic hydroxyl groups is 1. The number of aromatic nitrogens is 2. The van der Waals surface area contributed by atoms with Gasteiger partial charge in [-0.2, -0.15) is 5.10 Å². The Kier molecular flexibility index (Phi) is 2.94. The SMILES string of the molecule is CCn1cc(C(O)C2(CN)CC3CCC2C3)cn1. The van der Waals surface area contributed by atoms with Crippen LogP contribution in [0, 0.1) is 17.3 Å². The first-order chi connectivity index (χ1) is 8.69. The Morgan fingerprint density at radius 3 is 2.94 bits per heavy atom. The van der Waals surface area contributed by atoms with Crippen molar-refractivity contribution in [3.8, 4) is 0 Å². The molecule has 0 amide bonds. The largest absolute Gasteiger partial charge is 0.388 e. The third-order valence-electron chi connectivity index (χ3n) is 5.24. The van der Waals surface area contributed by atoms with E-state index in [1.165, 1.54) is 19.3 Å². The van der Waals surface area contributed by atoms with Crippen molar-refractivity contribution in [3.63, 3.8) is 0 Å². The van der Waals surface area contributed by atoms with Crippen LogP contribution in [0.5, 0.6) is 0 Å². The second kappa shape index (κ2) is 4.35. The van der Waals surface area contributed by atoms with E-state index in [9.17, 15) is 5.11 Å². The van der Waals surface area contributed by atoms with E-state index in [1.54, 1.807) is 6.20 Å². The van der Waals surface area contributed by atoms with Gasteiger partial charge in [0.05, 0.1) is 12.3 Å². The molecule has 0 radical (unpaired) electrons. The molecule has 2 aliphatic rings. The summed E-state index contributed by atoms with van der Waals surface area (Å²) in [4.78, 5) is 0. The third-order valence-corrected chi connectivity index (χ3v) is 5.24. The number of nitrogens with two attached hydrogens (primary N) is 1. The Morgan fingerprint density at radius 1 is 1.61 bits per heavy atom.